The van der Waals surface area contributed by atoms with E-state index in [0.717, 1.165) is 28.2 Å². The van der Waals surface area contributed by atoms with Crippen LogP contribution in [0.25, 0.3) is 5.65 Å². The number of methoxy groups -OCH3 is 2. The highest BCUT2D eigenvalue weighted by Gasteiger charge is 2.15. The molecule has 7 heteroatoms. The van der Waals surface area contributed by atoms with E-state index >= 15 is 0 Å². The van der Waals surface area contributed by atoms with E-state index in [-0.39, 0.29) is 6.79 Å². The zero-order valence-electron chi connectivity index (χ0n) is 16.9. The maximum atomic E-state index is 10.8. The van der Waals surface area contributed by atoms with Gasteiger partial charge < -0.3 is 19.3 Å². The standard InChI is InChI=1S/C23H23N3O4/c1-28-15-30-19-8-6-16(7-9-19)12-18-14-24-22-11-10-21(25-26(18)22)23(27)17-4-3-5-20(13-17)29-2/h3-11,13-14,23,27H,12,15H2,1-2H3. The van der Waals surface area contributed by atoms with E-state index in [1.54, 1.807) is 37.1 Å². The van der Waals surface area contributed by atoms with Crippen LogP contribution in [0.3, 0.4) is 0 Å². The van der Waals surface area contributed by atoms with Gasteiger partial charge in [-0.15, -0.1) is 0 Å². The summed E-state index contributed by atoms with van der Waals surface area (Å²) in [5.74, 6) is 1.44. The number of rotatable bonds is 8. The molecule has 0 aliphatic heterocycles. The number of fused-ring (bicyclic) bond motifs is 1. The highest BCUT2D eigenvalue weighted by atomic mass is 16.7. The second kappa shape index (κ2) is 8.94. The summed E-state index contributed by atoms with van der Waals surface area (Å²) in [6, 6.07) is 18.8. The first-order chi connectivity index (χ1) is 14.7. The molecule has 4 aromatic rings. The van der Waals surface area contributed by atoms with Gasteiger partial charge in [0.2, 0.25) is 0 Å². The van der Waals surface area contributed by atoms with Gasteiger partial charge in [0.15, 0.2) is 12.4 Å². The van der Waals surface area contributed by atoms with E-state index in [9.17, 15) is 5.11 Å². The van der Waals surface area contributed by atoms with Crippen molar-refractivity contribution in [1.82, 2.24) is 14.6 Å². The summed E-state index contributed by atoms with van der Waals surface area (Å²) < 4.78 is 17.4. The summed E-state index contributed by atoms with van der Waals surface area (Å²) in [7, 11) is 3.19. The summed E-state index contributed by atoms with van der Waals surface area (Å²) >= 11 is 0. The van der Waals surface area contributed by atoms with Crippen LogP contribution in [0.15, 0.2) is 66.9 Å². The Morgan fingerprint density at radius 2 is 1.83 bits per heavy atom. The monoisotopic (exact) mass is 405 g/mol. The minimum absolute atomic E-state index is 0.217. The van der Waals surface area contributed by atoms with Crippen molar-refractivity contribution in [2.45, 2.75) is 12.5 Å². The summed E-state index contributed by atoms with van der Waals surface area (Å²) in [4.78, 5) is 4.43. The summed E-state index contributed by atoms with van der Waals surface area (Å²) in [5.41, 5.74) is 4.01. The van der Waals surface area contributed by atoms with Crippen LogP contribution in [0.2, 0.25) is 0 Å². The molecular weight excluding hydrogens is 382 g/mol. The van der Waals surface area contributed by atoms with Crippen molar-refractivity contribution in [3.63, 3.8) is 0 Å². The third-order valence-electron chi connectivity index (χ3n) is 4.80. The number of aliphatic hydroxyl groups is 1. The van der Waals surface area contributed by atoms with Crippen molar-refractivity contribution in [1.29, 1.82) is 0 Å². The van der Waals surface area contributed by atoms with Gasteiger partial charge in [-0.1, -0.05) is 24.3 Å². The second-order valence-corrected chi connectivity index (χ2v) is 6.83. The predicted octanol–water partition coefficient (Wildman–Crippen LogP) is 3.39. The Balaban J connectivity index is 1.58. The Labute approximate surface area is 174 Å². The van der Waals surface area contributed by atoms with Crippen LogP contribution in [0.5, 0.6) is 11.5 Å². The van der Waals surface area contributed by atoms with Gasteiger partial charge in [-0.05, 0) is 47.5 Å². The molecule has 30 heavy (non-hydrogen) atoms. The predicted molar refractivity (Wildman–Crippen MR) is 112 cm³/mol. The van der Waals surface area contributed by atoms with Gasteiger partial charge in [-0.3, -0.25) is 0 Å². The molecule has 0 aliphatic rings. The zero-order valence-corrected chi connectivity index (χ0v) is 16.9. The molecule has 0 radical (unpaired) electrons. The lowest BCUT2D eigenvalue weighted by atomic mass is 10.1. The molecule has 2 heterocycles. The first kappa shape index (κ1) is 19.9. The fourth-order valence-corrected chi connectivity index (χ4v) is 3.22. The molecule has 154 valence electrons. The minimum atomic E-state index is -0.864. The van der Waals surface area contributed by atoms with E-state index in [1.165, 1.54) is 0 Å². The number of hydrogen-bond donors (Lipinski definition) is 1. The number of hydrogen-bond acceptors (Lipinski definition) is 6. The van der Waals surface area contributed by atoms with Gasteiger partial charge in [0.1, 0.15) is 17.6 Å². The van der Waals surface area contributed by atoms with Gasteiger partial charge >= 0.3 is 0 Å². The molecule has 4 rings (SSSR count). The zero-order chi connectivity index (χ0) is 20.9. The summed E-state index contributed by atoms with van der Waals surface area (Å²) in [6.45, 7) is 0.217. The molecule has 7 nitrogen and oxygen atoms in total. The fourth-order valence-electron chi connectivity index (χ4n) is 3.22. The molecule has 1 N–H and O–H groups in total. The van der Waals surface area contributed by atoms with Crippen molar-refractivity contribution in [3.8, 4) is 11.5 Å². The molecule has 0 spiro atoms. The van der Waals surface area contributed by atoms with Crippen LogP contribution < -0.4 is 9.47 Å². The maximum absolute atomic E-state index is 10.8. The van der Waals surface area contributed by atoms with E-state index < -0.39 is 6.10 Å². The molecule has 2 aromatic heterocycles. The fraction of sp³-hybridized carbons (Fsp3) is 0.217. The molecule has 0 aliphatic carbocycles. The Morgan fingerprint density at radius 3 is 2.60 bits per heavy atom. The number of aromatic nitrogens is 3. The highest BCUT2D eigenvalue weighted by Crippen LogP contribution is 2.24. The van der Waals surface area contributed by atoms with Crippen molar-refractivity contribution in [3.05, 3.63) is 89.4 Å². The van der Waals surface area contributed by atoms with Gasteiger partial charge in [0, 0.05) is 13.5 Å². The lowest BCUT2D eigenvalue weighted by Gasteiger charge is -2.12. The van der Waals surface area contributed by atoms with Crippen LogP contribution in [0, 0.1) is 0 Å². The molecule has 0 fully saturated rings. The van der Waals surface area contributed by atoms with Gasteiger partial charge in [0.05, 0.1) is 24.7 Å². The number of benzene rings is 2. The van der Waals surface area contributed by atoms with E-state index in [0.29, 0.717) is 17.9 Å². The van der Waals surface area contributed by atoms with Crippen molar-refractivity contribution >= 4 is 5.65 Å². The number of aliphatic hydroxyl groups excluding tert-OH is 1. The Bertz CT molecular complexity index is 1120. The third-order valence-corrected chi connectivity index (χ3v) is 4.80. The number of imidazole rings is 1. The quantitative estimate of drug-likeness (QED) is 0.453. The average Bonchev–Trinajstić information content (AvgIpc) is 3.20. The molecule has 0 saturated carbocycles. The molecular formula is C23H23N3O4. The van der Waals surface area contributed by atoms with Crippen LogP contribution in [-0.2, 0) is 11.2 Å². The Hall–Kier alpha value is -3.42. The van der Waals surface area contributed by atoms with E-state index in [2.05, 4.69) is 10.1 Å². The van der Waals surface area contributed by atoms with Gasteiger partial charge in [-0.25, -0.2) is 9.50 Å². The Morgan fingerprint density at radius 1 is 1.00 bits per heavy atom. The number of ether oxygens (including phenoxy) is 3. The first-order valence-corrected chi connectivity index (χ1v) is 9.54. The SMILES string of the molecule is COCOc1ccc(Cc2cnc3ccc(C(O)c4cccc(OC)c4)nn23)cc1. The lowest BCUT2D eigenvalue weighted by molar-refractivity contribution is 0.0511. The summed E-state index contributed by atoms with van der Waals surface area (Å²) in [6.07, 6.45) is 1.59. The Kier molecular flexibility index (Phi) is 5.92. The van der Waals surface area contributed by atoms with Crippen LogP contribution in [0.4, 0.5) is 0 Å². The molecule has 1 unspecified atom stereocenters. The van der Waals surface area contributed by atoms with Gasteiger partial charge in [-0.2, -0.15) is 5.10 Å². The van der Waals surface area contributed by atoms with E-state index in [4.69, 9.17) is 14.2 Å². The topological polar surface area (TPSA) is 78.1 Å². The molecule has 2 aromatic carbocycles. The average molecular weight is 405 g/mol. The van der Waals surface area contributed by atoms with Crippen molar-refractivity contribution in [2.75, 3.05) is 21.0 Å². The van der Waals surface area contributed by atoms with E-state index in [1.807, 2.05) is 48.5 Å². The minimum Gasteiger partial charge on any atom is -0.497 e. The van der Waals surface area contributed by atoms with Crippen LogP contribution >= 0.6 is 0 Å². The highest BCUT2D eigenvalue weighted by molar-refractivity contribution is 5.42. The molecule has 0 saturated heterocycles. The van der Waals surface area contributed by atoms with Crippen LogP contribution in [-0.4, -0.2) is 40.7 Å². The second-order valence-electron chi connectivity index (χ2n) is 6.83. The first-order valence-electron chi connectivity index (χ1n) is 9.54. The normalized spacial score (nSPS) is 12.1. The number of nitrogens with zero attached hydrogens (tertiary/aromatic N) is 3. The van der Waals surface area contributed by atoms with Crippen molar-refractivity contribution in [2.24, 2.45) is 0 Å². The third kappa shape index (κ3) is 4.27. The maximum Gasteiger partial charge on any atom is 0.188 e. The van der Waals surface area contributed by atoms with Crippen molar-refractivity contribution < 1.29 is 19.3 Å². The largest absolute Gasteiger partial charge is 0.497 e. The molecule has 0 amide bonds. The molecule has 0 bridgehead atoms. The summed E-state index contributed by atoms with van der Waals surface area (Å²) in [5, 5.41) is 15.5. The lowest BCUT2D eigenvalue weighted by Crippen LogP contribution is -2.08. The van der Waals surface area contributed by atoms with Crippen LogP contribution in [0.1, 0.15) is 28.6 Å². The van der Waals surface area contributed by atoms with Gasteiger partial charge in [0.25, 0.3) is 0 Å². The molecule has 1 atom stereocenters. The smallest absolute Gasteiger partial charge is 0.188 e.